The summed E-state index contributed by atoms with van der Waals surface area (Å²) in [5, 5.41) is 0. The fraction of sp³-hybridized carbons (Fsp3) is 0.889. The van der Waals surface area contributed by atoms with Crippen molar-refractivity contribution in [2.45, 2.75) is 45.6 Å². The highest BCUT2D eigenvalue weighted by Crippen LogP contribution is 2.23. The predicted octanol–water partition coefficient (Wildman–Crippen LogP) is 1.45. The average Bonchev–Trinajstić information content (AvgIpc) is 2.81. The molecule has 3 nitrogen and oxygen atoms in total. The molecule has 70 valence electrons. The normalized spacial score (nSPS) is 18.5. The van der Waals surface area contributed by atoms with E-state index >= 15 is 0 Å². The van der Waals surface area contributed by atoms with Gasteiger partial charge in [0, 0.05) is 6.42 Å². The lowest BCUT2D eigenvalue weighted by molar-refractivity contribution is 0.597. The van der Waals surface area contributed by atoms with Crippen LogP contribution in [0.2, 0.25) is 0 Å². The van der Waals surface area contributed by atoms with E-state index in [9.17, 15) is 0 Å². The van der Waals surface area contributed by atoms with Crippen molar-refractivity contribution >= 4 is 5.84 Å². The first-order valence-electron chi connectivity index (χ1n) is 4.75. The zero-order valence-electron chi connectivity index (χ0n) is 8.01. The second-order valence-corrected chi connectivity index (χ2v) is 3.88. The van der Waals surface area contributed by atoms with Crippen molar-refractivity contribution in [3.05, 3.63) is 0 Å². The Labute approximate surface area is 74.4 Å². The van der Waals surface area contributed by atoms with E-state index in [1.54, 1.807) is 0 Å². The molecule has 3 N–H and O–H groups in total. The Morgan fingerprint density at radius 3 is 2.67 bits per heavy atom. The summed E-state index contributed by atoms with van der Waals surface area (Å²) in [6.07, 6.45) is 4.64. The van der Waals surface area contributed by atoms with Crippen LogP contribution in [-0.4, -0.2) is 11.9 Å². The minimum absolute atomic E-state index is 0.572. The van der Waals surface area contributed by atoms with Gasteiger partial charge in [-0.25, -0.2) is 5.84 Å². The van der Waals surface area contributed by atoms with Crippen LogP contribution < -0.4 is 11.3 Å². The van der Waals surface area contributed by atoms with Crippen LogP contribution in [-0.2, 0) is 0 Å². The predicted molar refractivity (Wildman–Crippen MR) is 51.9 cm³/mol. The molecule has 1 aliphatic rings. The molecule has 1 aliphatic carbocycles. The maximum absolute atomic E-state index is 5.35. The summed E-state index contributed by atoms with van der Waals surface area (Å²) < 4.78 is 0. The zero-order chi connectivity index (χ0) is 8.97. The third kappa shape index (κ3) is 3.72. The number of amidine groups is 1. The van der Waals surface area contributed by atoms with Gasteiger partial charge in [0.15, 0.2) is 0 Å². The van der Waals surface area contributed by atoms with Crippen molar-refractivity contribution in [2.75, 3.05) is 0 Å². The van der Waals surface area contributed by atoms with Gasteiger partial charge in [-0.3, -0.25) is 4.99 Å². The second kappa shape index (κ2) is 4.45. The van der Waals surface area contributed by atoms with Crippen molar-refractivity contribution < 1.29 is 0 Å². The van der Waals surface area contributed by atoms with E-state index in [1.807, 2.05) is 0 Å². The van der Waals surface area contributed by atoms with Gasteiger partial charge in [-0.05, 0) is 25.2 Å². The number of rotatable bonds is 4. The largest absolute Gasteiger partial charge is 0.312 e. The van der Waals surface area contributed by atoms with Crippen LogP contribution in [0.4, 0.5) is 0 Å². The van der Waals surface area contributed by atoms with Gasteiger partial charge in [-0.2, -0.15) is 0 Å². The Kier molecular flexibility index (Phi) is 3.53. The Morgan fingerprint density at radius 1 is 1.58 bits per heavy atom. The minimum atomic E-state index is 0.572. The van der Waals surface area contributed by atoms with Crippen LogP contribution in [0.3, 0.4) is 0 Å². The van der Waals surface area contributed by atoms with Crippen LogP contribution in [0.15, 0.2) is 4.99 Å². The smallest absolute Gasteiger partial charge is 0.111 e. The number of aliphatic imine (C=N–C) groups is 1. The number of hydrazine groups is 1. The molecule has 0 aliphatic heterocycles. The van der Waals surface area contributed by atoms with E-state index in [0.717, 1.165) is 24.6 Å². The Morgan fingerprint density at radius 2 is 2.25 bits per heavy atom. The summed E-state index contributed by atoms with van der Waals surface area (Å²) in [7, 11) is 0. The number of nitrogens with two attached hydrogens (primary N) is 1. The van der Waals surface area contributed by atoms with E-state index in [2.05, 4.69) is 24.3 Å². The summed E-state index contributed by atoms with van der Waals surface area (Å²) in [5.74, 6) is 7.06. The summed E-state index contributed by atoms with van der Waals surface area (Å²) in [5.41, 5.74) is 2.68. The maximum Gasteiger partial charge on any atom is 0.111 e. The average molecular weight is 169 g/mol. The quantitative estimate of drug-likeness (QED) is 0.289. The molecule has 0 unspecified atom stereocenters. The van der Waals surface area contributed by atoms with Gasteiger partial charge < -0.3 is 5.43 Å². The molecule has 0 bridgehead atoms. The molecule has 12 heavy (non-hydrogen) atoms. The third-order valence-electron chi connectivity index (χ3n) is 2.01. The molecule has 0 saturated heterocycles. The fourth-order valence-electron chi connectivity index (χ4n) is 1.02. The van der Waals surface area contributed by atoms with E-state index in [0.29, 0.717) is 6.04 Å². The van der Waals surface area contributed by atoms with Crippen molar-refractivity contribution in [1.29, 1.82) is 0 Å². The molecular weight excluding hydrogens is 150 g/mol. The van der Waals surface area contributed by atoms with Gasteiger partial charge in [-0.1, -0.05) is 13.8 Å². The molecule has 1 saturated carbocycles. The highest BCUT2D eigenvalue weighted by atomic mass is 15.3. The van der Waals surface area contributed by atoms with Crippen molar-refractivity contribution in [3.63, 3.8) is 0 Å². The van der Waals surface area contributed by atoms with Crippen LogP contribution in [0.25, 0.3) is 0 Å². The summed E-state index contributed by atoms with van der Waals surface area (Å²) in [4.78, 5) is 4.46. The van der Waals surface area contributed by atoms with E-state index in [-0.39, 0.29) is 0 Å². The highest BCUT2D eigenvalue weighted by Gasteiger charge is 2.20. The Balaban J connectivity index is 2.24. The Bertz CT molecular complexity index is 159. The van der Waals surface area contributed by atoms with Crippen molar-refractivity contribution in [1.82, 2.24) is 5.43 Å². The van der Waals surface area contributed by atoms with Crippen LogP contribution in [0.5, 0.6) is 0 Å². The van der Waals surface area contributed by atoms with Crippen molar-refractivity contribution in [3.8, 4) is 0 Å². The highest BCUT2D eigenvalue weighted by molar-refractivity contribution is 5.81. The summed E-state index contributed by atoms with van der Waals surface area (Å²) >= 11 is 0. The summed E-state index contributed by atoms with van der Waals surface area (Å²) in [6.45, 7) is 4.43. The molecule has 0 aromatic heterocycles. The van der Waals surface area contributed by atoms with E-state index < -0.39 is 0 Å². The van der Waals surface area contributed by atoms with Crippen LogP contribution in [0.1, 0.15) is 39.5 Å². The zero-order valence-corrected chi connectivity index (χ0v) is 8.01. The fourth-order valence-corrected chi connectivity index (χ4v) is 1.02. The molecule has 3 heteroatoms. The number of nitrogens with zero attached hydrogens (tertiary/aromatic N) is 1. The SMILES string of the molecule is CC(C)CCC(=NC1CC1)NN. The second-order valence-electron chi connectivity index (χ2n) is 3.88. The topological polar surface area (TPSA) is 50.4 Å². The van der Waals surface area contributed by atoms with Gasteiger partial charge in [0.25, 0.3) is 0 Å². The van der Waals surface area contributed by atoms with Gasteiger partial charge in [0.1, 0.15) is 5.84 Å². The molecular formula is C9H19N3. The van der Waals surface area contributed by atoms with E-state index in [4.69, 9.17) is 5.84 Å². The first kappa shape index (κ1) is 9.52. The molecule has 0 spiro atoms. The van der Waals surface area contributed by atoms with Crippen molar-refractivity contribution in [2.24, 2.45) is 16.8 Å². The third-order valence-corrected chi connectivity index (χ3v) is 2.01. The van der Waals surface area contributed by atoms with Gasteiger partial charge in [-0.15, -0.1) is 0 Å². The molecule has 1 rings (SSSR count). The molecule has 0 heterocycles. The van der Waals surface area contributed by atoms with E-state index in [1.165, 1.54) is 12.8 Å². The van der Waals surface area contributed by atoms with Gasteiger partial charge in [0.05, 0.1) is 6.04 Å². The molecule has 0 radical (unpaired) electrons. The van der Waals surface area contributed by atoms with Gasteiger partial charge in [0.2, 0.25) is 0 Å². The summed E-state index contributed by atoms with van der Waals surface area (Å²) in [6, 6.07) is 0.572. The minimum Gasteiger partial charge on any atom is -0.312 e. The molecule has 0 aromatic rings. The molecule has 0 atom stereocenters. The lowest BCUT2D eigenvalue weighted by Crippen LogP contribution is -2.30. The Hall–Kier alpha value is -0.570. The monoisotopic (exact) mass is 169 g/mol. The van der Waals surface area contributed by atoms with Gasteiger partial charge >= 0.3 is 0 Å². The number of nitrogens with one attached hydrogen (secondary N) is 1. The molecule has 0 aromatic carbocycles. The molecule has 1 fully saturated rings. The first-order valence-corrected chi connectivity index (χ1v) is 4.75. The van der Waals surface area contributed by atoms with Crippen LogP contribution in [0, 0.1) is 5.92 Å². The standard InChI is InChI=1S/C9H19N3/c1-7(2)3-6-9(12-10)11-8-4-5-8/h7-8H,3-6,10H2,1-2H3,(H,11,12). The number of hydrogen-bond donors (Lipinski definition) is 2. The lowest BCUT2D eigenvalue weighted by Gasteiger charge is -2.07. The number of hydrogen-bond acceptors (Lipinski definition) is 2. The maximum atomic E-state index is 5.35. The first-order chi connectivity index (χ1) is 5.72. The van der Waals surface area contributed by atoms with Crippen LogP contribution >= 0.6 is 0 Å². The lowest BCUT2D eigenvalue weighted by atomic mass is 10.1. The molecule has 0 amide bonds.